The first-order chi connectivity index (χ1) is 8.54. The van der Waals surface area contributed by atoms with Crippen LogP contribution in [0.25, 0.3) is 5.57 Å². The van der Waals surface area contributed by atoms with Crippen molar-refractivity contribution in [2.24, 2.45) is 4.99 Å². The van der Waals surface area contributed by atoms with Gasteiger partial charge in [-0.2, -0.15) is 0 Å². The lowest BCUT2D eigenvalue weighted by atomic mass is 9.82. The average molecular weight is 236 g/mol. The fourth-order valence-corrected chi connectivity index (χ4v) is 2.06. The Balaban J connectivity index is 2.48. The Morgan fingerprint density at radius 3 is 2.22 bits per heavy atom. The predicted octanol–water partition coefficient (Wildman–Crippen LogP) is 3.40. The smallest absolute Gasteiger partial charge is 0.0986 e. The highest BCUT2D eigenvalue weighted by Gasteiger charge is 2.23. The SMILES string of the molecule is C=NC1C(=C)C=C(c2ccc(N)cc2)C(=C)C1=C. The van der Waals surface area contributed by atoms with Gasteiger partial charge in [0.2, 0.25) is 0 Å². The summed E-state index contributed by atoms with van der Waals surface area (Å²) in [7, 11) is 0. The van der Waals surface area contributed by atoms with Gasteiger partial charge in [-0.05, 0) is 52.8 Å². The number of nitrogens with two attached hydrogens (primary N) is 1. The van der Waals surface area contributed by atoms with E-state index in [9.17, 15) is 0 Å². The second-order valence-corrected chi connectivity index (χ2v) is 4.34. The molecule has 1 aromatic carbocycles. The van der Waals surface area contributed by atoms with Crippen molar-refractivity contribution in [3.05, 3.63) is 72.4 Å². The molecule has 0 amide bonds. The van der Waals surface area contributed by atoms with E-state index in [0.29, 0.717) is 0 Å². The monoisotopic (exact) mass is 236 g/mol. The van der Waals surface area contributed by atoms with E-state index < -0.39 is 0 Å². The Kier molecular flexibility index (Phi) is 3.02. The number of hydrogen-bond acceptors (Lipinski definition) is 2. The van der Waals surface area contributed by atoms with Crippen LogP contribution in [0.5, 0.6) is 0 Å². The molecular formula is C16H16N2. The first-order valence-electron chi connectivity index (χ1n) is 5.65. The maximum atomic E-state index is 5.69. The molecule has 0 radical (unpaired) electrons. The lowest BCUT2D eigenvalue weighted by molar-refractivity contribution is 0.935. The summed E-state index contributed by atoms with van der Waals surface area (Å²) < 4.78 is 0. The van der Waals surface area contributed by atoms with Gasteiger partial charge in [-0.1, -0.05) is 31.9 Å². The summed E-state index contributed by atoms with van der Waals surface area (Å²) in [5.41, 5.74) is 11.1. The molecule has 0 bridgehead atoms. The molecule has 0 aliphatic heterocycles. The highest BCUT2D eigenvalue weighted by Crippen LogP contribution is 2.37. The normalized spacial score (nSPS) is 19.7. The van der Waals surface area contributed by atoms with Gasteiger partial charge < -0.3 is 5.73 Å². The second kappa shape index (κ2) is 4.49. The molecule has 1 unspecified atom stereocenters. The highest BCUT2D eigenvalue weighted by atomic mass is 14.8. The number of allylic oxidation sites excluding steroid dienone is 1. The minimum atomic E-state index is -0.157. The van der Waals surface area contributed by atoms with Gasteiger partial charge >= 0.3 is 0 Å². The molecule has 0 saturated heterocycles. The van der Waals surface area contributed by atoms with Gasteiger partial charge in [0.05, 0.1) is 6.04 Å². The fourth-order valence-electron chi connectivity index (χ4n) is 2.06. The lowest BCUT2D eigenvalue weighted by Crippen LogP contribution is -2.16. The Hall–Kier alpha value is -2.35. The minimum absolute atomic E-state index is 0.157. The van der Waals surface area contributed by atoms with Gasteiger partial charge in [0.15, 0.2) is 0 Å². The Morgan fingerprint density at radius 1 is 1.06 bits per heavy atom. The van der Waals surface area contributed by atoms with Crippen LogP contribution in [0.2, 0.25) is 0 Å². The van der Waals surface area contributed by atoms with Crippen LogP contribution in [0.15, 0.2) is 71.8 Å². The third-order valence-electron chi connectivity index (χ3n) is 3.13. The van der Waals surface area contributed by atoms with Crippen molar-refractivity contribution in [3.8, 4) is 0 Å². The van der Waals surface area contributed by atoms with Crippen LogP contribution in [-0.2, 0) is 0 Å². The number of nitrogens with zero attached hydrogens (tertiary/aromatic N) is 1. The summed E-state index contributed by atoms with van der Waals surface area (Å²) in [6.45, 7) is 15.7. The van der Waals surface area contributed by atoms with Crippen molar-refractivity contribution >= 4 is 18.0 Å². The number of hydrogen-bond donors (Lipinski definition) is 1. The molecule has 2 nitrogen and oxygen atoms in total. The van der Waals surface area contributed by atoms with E-state index in [2.05, 4.69) is 31.4 Å². The third-order valence-corrected chi connectivity index (χ3v) is 3.13. The molecule has 0 fully saturated rings. The molecule has 1 atom stereocenters. The molecule has 90 valence electrons. The van der Waals surface area contributed by atoms with Crippen LogP contribution in [0, 0.1) is 0 Å². The lowest BCUT2D eigenvalue weighted by Gasteiger charge is -2.26. The Morgan fingerprint density at radius 2 is 1.67 bits per heavy atom. The van der Waals surface area contributed by atoms with E-state index in [1.807, 2.05) is 30.3 Å². The van der Waals surface area contributed by atoms with Crippen molar-refractivity contribution in [3.63, 3.8) is 0 Å². The molecule has 1 aliphatic carbocycles. The minimum Gasteiger partial charge on any atom is -0.399 e. The molecule has 0 heterocycles. The van der Waals surface area contributed by atoms with Gasteiger partial charge in [-0.3, -0.25) is 4.99 Å². The number of benzene rings is 1. The Labute approximate surface area is 108 Å². The van der Waals surface area contributed by atoms with Crippen LogP contribution < -0.4 is 5.73 Å². The van der Waals surface area contributed by atoms with Gasteiger partial charge in [0, 0.05) is 5.69 Å². The summed E-state index contributed by atoms with van der Waals surface area (Å²) in [5, 5.41) is 0. The molecule has 18 heavy (non-hydrogen) atoms. The summed E-state index contributed by atoms with van der Waals surface area (Å²) in [6, 6.07) is 7.51. The molecule has 2 rings (SSSR count). The van der Waals surface area contributed by atoms with Crippen LogP contribution >= 0.6 is 0 Å². The van der Waals surface area contributed by atoms with E-state index in [4.69, 9.17) is 5.73 Å². The Bertz CT molecular complexity index is 574. The largest absolute Gasteiger partial charge is 0.399 e. The molecular weight excluding hydrogens is 220 g/mol. The van der Waals surface area contributed by atoms with E-state index in [1.165, 1.54) is 0 Å². The first-order valence-corrected chi connectivity index (χ1v) is 5.65. The summed E-state index contributed by atoms with van der Waals surface area (Å²) in [5.74, 6) is 0. The molecule has 1 aromatic rings. The number of nitrogen functional groups attached to an aromatic ring is 1. The van der Waals surface area contributed by atoms with Gasteiger partial charge in [0.25, 0.3) is 0 Å². The molecule has 0 saturated carbocycles. The van der Waals surface area contributed by atoms with Crippen molar-refractivity contribution in [1.29, 1.82) is 0 Å². The van der Waals surface area contributed by atoms with E-state index in [1.54, 1.807) is 0 Å². The van der Waals surface area contributed by atoms with Crippen molar-refractivity contribution in [1.82, 2.24) is 0 Å². The maximum absolute atomic E-state index is 5.69. The van der Waals surface area contributed by atoms with E-state index >= 15 is 0 Å². The second-order valence-electron chi connectivity index (χ2n) is 4.34. The number of anilines is 1. The third kappa shape index (κ3) is 1.93. The molecule has 2 heteroatoms. The average Bonchev–Trinajstić information content (AvgIpc) is 2.36. The van der Waals surface area contributed by atoms with Crippen LogP contribution in [-0.4, -0.2) is 12.8 Å². The van der Waals surface area contributed by atoms with Crippen molar-refractivity contribution in [2.75, 3.05) is 5.73 Å². The molecule has 0 aromatic heterocycles. The topological polar surface area (TPSA) is 38.4 Å². The quantitative estimate of drug-likeness (QED) is 0.620. The summed E-state index contributed by atoms with van der Waals surface area (Å²) in [6.07, 6.45) is 1.99. The van der Waals surface area contributed by atoms with E-state index in [-0.39, 0.29) is 6.04 Å². The summed E-state index contributed by atoms with van der Waals surface area (Å²) >= 11 is 0. The van der Waals surface area contributed by atoms with Gasteiger partial charge in [0.1, 0.15) is 0 Å². The zero-order chi connectivity index (χ0) is 13.3. The first kappa shape index (κ1) is 12.1. The standard InChI is InChI=1S/C16H16N2/c1-10-9-15(11(2)12(3)16(10)18-4)13-5-7-14(17)8-6-13/h5-9,16H,1-4,17H2. The van der Waals surface area contributed by atoms with Crippen LogP contribution in [0.1, 0.15) is 5.56 Å². The maximum Gasteiger partial charge on any atom is 0.0986 e. The van der Waals surface area contributed by atoms with E-state index in [0.717, 1.165) is 33.5 Å². The van der Waals surface area contributed by atoms with Gasteiger partial charge in [-0.25, -0.2) is 0 Å². The van der Waals surface area contributed by atoms with Gasteiger partial charge in [-0.15, -0.1) is 0 Å². The summed E-state index contributed by atoms with van der Waals surface area (Å²) in [4.78, 5) is 4.03. The van der Waals surface area contributed by atoms with Crippen molar-refractivity contribution in [2.45, 2.75) is 6.04 Å². The molecule has 1 aliphatic rings. The zero-order valence-electron chi connectivity index (χ0n) is 10.3. The number of aliphatic imine (C=N–C) groups is 1. The molecule has 0 spiro atoms. The molecule has 2 N–H and O–H groups in total. The van der Waals surface area contributed by atoms with Crippen molar-refractivity contribution < 1.29 is 0 Å². The van der Waals surface area contributed by atoms with Crippen LogP contribution in [0.3, 0.4) is 0 Å². The van der Waals surface area contributed by atoms with Crippen LogP contribution in [0.4, 0.5) is 5.69 Å². The highest BCUT2D eigenvalue weighted by molar-refractivity contribution is 5.88. The predicted molar refractivity (Wildman–Crippen MR) is 79.6 cm³/mol. The zero-order valence-corrected chi connectivity index (χ0v) is 10.3. The fraction of sp³-hybridized carbons (Fsp3) is 0.0625. The number of rotatable bonds is 2.